The van der Waals surface area contributed by atoms with Crippen molar-refractivity contribution in [2.75, 3.05) is 18.8 Å². The molecule has 0 aliphatic carbocycles. The topological polar surface area (TPSA) is 87.2 Å². The highest BCUT2D eigenvalue weighted by molar-refractivity contribution is 7.85. The van der Waals surface area contributed by atoms with Gasteiger partial charge in [0.15, 0.2) is 0 Å². The zero-order chi connectivity index (χ0) is 21.7. The second-order valence-corrected chi connectivity index (χ2v) is 10.3. The van der Waals surface area contributed by atoms with E-state index in [1.807, 2.05) is 44.2 Å². The molecule has 0 radical (unpaired) electrons. The van der Waals surface area contributed by atoms with E-state index in [2.05, 4.69) is 0 Å². The van der Waals surface area contributed by atoms with Gasteiger partial charge >= 0.3 is 6.09 Å². The quantitative estimate of drug-likeness (QED) is 0.709. The molecule has 2 aliphatic rings. The highest BCUT2D eigenvalue weighted by Crippen LogP contribution is 2.27. The van der Waals surface area contributed by atoms with Crippen LogP contribution in [0.3, 0.4) is 0 Å². The Labute approximate surface area is 180 Å². The lowest BCUT2D eigenvalue weighted by atomic mass is 10.1. The molecule has 0 saturated carbocycles. The molecule has 0 bridgehead atoms. The van der Waals surface area contributed by atoms with Gasteiger partial charge in [0.05, 0.1) is 17.9 Å². The van der Waals surface area contributed by atoms with Crippen molar-refractivity contribution in [3.63, 3.8) is 0 Å². The van der Waals surface area contributed by atoms with E-state index >= 15 is 0 Å². The van der Waals surface area contributed by atoms with Crippen LogP contribution in [-0.4, -0.2) is 73.4 Å². The summed E-state index contributed by atoms with van der Waals surface area (Å²) in [5, 5.41) is 10.6. The second kappa shape index (κ2) is 10.4. The fourth-order valence-electron chi connectivity index (χ4n) is 4.17. The van der Waals surface area contributed by atoms with Gasteiger partial charge in [-0.05, 0) is 31.2 Å². The third-order valence-electron chi connectivity index (χ3n) is 5.86. The van der Waals surface area contributed by atoms with Gasteiger partial charge in [-0.25, -0.2) is 4.79 Å². The summed E-state index contributed by atoms with van der Waals surface area (Å²) in [4.78, 5) is 29.1. The molecule has 1 aromatic carbocycles. The van der Waals surface area contributed by atoms with E-state index in [1.54, 1.807) is 4.90 Å². The van der Waals surface area contributed by atoms with E-state index in [1.165, 1.54) is 4.90 Å². The van der Waals surface area contributed by atoms with E-state index in [0.717, 1.165) is 18.4 Å². The summed E-state index contributed by atoms with van der Waals surface area (Å²) in [6.45, 7) is 4.93. The molecule has 1 N–H and O–H groups in total. The van der Waals surface area contributed by atoms with Crippen molar-refractivity contribution in [1.82, 2.24) is 9.80 Å². The van der Waals surface area contributed by atoms with Crippen LogP contribution in [0, 0.1) is 0 Å². The Morgan fingerprint density at radius 2 is 1.80 bits per heavy atom. The molecule has 8 heteroatoms. The normalized spacial score (nSPS) is 23.6. The molecule has 2 unspecified atom stereocenters. The van der Waals surface area contributed by atoms with Crippen LogP contribution in [-0.2, 0) is 26.9 Å². The van der Waals surface area contributed by atoms with Gasteiger partial charge in [0.2, 0.25) is 5.91 Å². The molecule has 1 aromatic rings. The first kappa shape index (κ1) is 22.7. The number of likely N-dealkylation sites (tertiary alicyclic amines) is 2. The Morgan fingerprint density at radius 1 is 1.13 bits per heavy atom. The zero-order valence-corrected chi connectivity index (χ0v) is 18.6. The van der Waals surface area contributed by atoms with Gasteiger partial charge in [0.1, 0.15) is 12.6 Å². The standard InChI is InChI=1S/C22H32N2O5S/c1-16(2)30(28)15-20(25)18-10-6-12-23(18)21(26)19-11-7-13-24(19)22(27)29-14-17-8-4-3-5-9-17/h3-5,8-9,16,18-20,25H,6-7,10-15H2,1-2H3/t18-,19-,20?,30?/m0/s1. The Morgan fingerprint density at radius 3 is 2.50 bits per heavy atom. The largest absolute Gasteiger partial charge is 0.445 e. The van der Waals surface area contributed by atoms with Gasteiger partial charge in [-0.15, -0.1) is 0 Å². The number of nitrogens with zero attached hydrogens (tertiary/aromatic N) is 2. The molecule has 2 saturated heterocycles. The lowest BCUT2D eigenvalue weighted by Crippen LogP contribution is -2.52. The monoisotopic (exact) mass is 436 g/mol. The van der Waals surface area contributed by atoms with Gasteiger partial charge in [0, 0.05) is 29.1 Å². The number of hydrogen-bond acceptors (Lipinski definition) is 5. The minimum absolute atomic E-state index is 0.0325. The molecule has 4 atom stereocenters. The summed E-state index contributed by atoms with van der Waals surface area (Å²) in [5.74, 6) is 0.0284. The van der Waals surface area contributed by atoms with Crippen LogP contribution in [0.5, 0.6) is 0 Å². The summed E-state index contributed by atoms with van der Waals surface area (Å²) < 4.78 is 17.6. The first-order chi connectivity index (χ1) is 14.4. The van der Waals surface area contributed by atoms with Crippen LogP contribution in [0.1, 0.15) is 45.1 Å². The molecule has 166 valence electrons. The van der Waals surface area contributed by atoms with Crippen LogP contribution in [0.2, 0.25) is 0 Å². The van der Waals surface area contributed by atoms with Crippen LogP contribution in [0.4, 0.5) is 4.79 Å². The second-order valence-electron chi connectivity index (χ2n) is 8.30. The highest BCUT2D eigenvalue weighted by atomic mass is 32.2. The van der Waals surface area contributed by atoms with Crippen molar-refractivity contribution in [2.24, 2.45) is 0 Å². The number of carbonyl (C=O) groups is 2. The molecule has 30 heavy (non-hydrogen) atoms. The molecule has 0 spiro atoms. The van der Waals surface area contributed by atoms with Crippen molar-refractivity contribution >= 4 is 22.8 Å². The molecule has 0 aromatic heterocycles. The van der Waals surface area contributed by atoms with Gasteiger partial charge < -0.3 is 14.7 Å². The minimum Gasteiger partial charge on any atom is -0.445 e. The molecule has 2 fully saturated rings. The summed E-state index contributed by atoms with van der Waals surface area (Å²) in [6.07, 6.45) is 1.53. The molecular weight excluding hydrogens is 404 g/mol. The smallest absolute Gasteiger partial charge is 0.410 e. The zero-order valence-electron chi connectivity index (χ0n) is 17.7. The fraction of sp³-hybridized carbons (Fsp3) is 0.636. The van der Waals surface area contributed by atoms with Gasteiger partial charge in [-0.3, -0.25) is 13.9 Å². The number of rotatable bonds is 7. The maximum atomic E-state index is 13.3. The molecule has 7 nitrogen and oxygen atoms in total. The summed E-state index contributed by atoms with van der Waals surface area (Å²) >= 11 is 0. The van der Waals surface area contributed by atoms with E-state index in [4.69, 9.17) is 4.74 Å². The number of aliphatic hydroxyl groups is 1. The average Bonchev–Trinajstić information content (AvgIpc) is 3.42. The van der Waals surface area contributed by atoms with E-state index in [0.29, 0.717) is 25.9 Å². The number of ether oxygens (including phenoxy) is 1. The van der Waals surface area contributed by atoms with Crippen LogP contribution >= 0.6 is 0 Å². The van der Waals surface area contributed by atoms with Crippen molar-refractivity contribution < 1.29 is 23.6 Å². The Hall–Kier alpha value is -1.93. The van der Waals surface area contributed by atoms with Gasteiger partial charge in [-0.2, -0.15) is 0 Å². The van der Waals surface area contributed by atoms with Crippen molar-refractivity contribution in [1.29, 1.82) is 0 Å². The van der Waals surface area contributed by atoms with Gasteiger partial charge in [0.25, 0.3) is 0 Å². The molecule has 3 rings (SSSR count). The molecular formula is C22H32N2O5S. The van der Waals surface area contributed by atoms with Crippen molar-refractivity contribution in [3.8, 4) is 0 Å². The molecule has 2 amide bonds. The Bertz CT molecular complexity index is 757. The number of aliphatic hydroxyl groups excluding tert-OH is 1. The SMILES string of the molecule is CC(C)S(=O)CC(O)[C@@H]1CCCN1C(=O)[C@@H]1CCCN1C(=O)OCc1ccccc1. The van der Waals surface area contributed by atoms with Crippen molar-refractivity contribution in [2.45, 2.75) is 69.6 Å². The molecule has 2 heterocycles. The third-order valence-corrected chi connectivity index (χ3v) is 7.59. The first-order valence-corrected chi connectivity index (χ1v) is 12.1. The maximum absolute atomic E-state index is 13.3. The maximum Gasteiger partial charge on any atom is 0.410 e. The number of benzene rings is 1. The Kier molecular flexibility index (Phi) is 7.88. The lowest BCUT2D eigenvalue weighted by molar-refractivity contribution is -0.138. The number of hydrogen-bond donors (Lipinski definition) is 1. The highest BCUT2D eigenvalue weighted by Gasteiger charge is 2.42. The van der Waals surface area contributed by atoms with Crippen LogP contribution < -0.4 is 0 Å². The van der Waals surface area contributed by atoms with Crippen molar-refractivity contribution in [3.05, 3.63) is 35.9 Å². The summed E-state index contributed by atoms with van der Waals surface area (Å²) in [5.41, 5.74) is 0.897. The first-order valence-electron chi connectivity index (χ1n) is 10.7. The average molecular weight is 437 g/mol. The fourth-order valence-corrected chi connectivity index (χ4v) is 5.12. The summed E-state index contributed by atoms with van der Waals surface area (Å²) in [6, 6.07) is 8.54. The van der Waals surface area contributed by atoms with Crippen LogP contribution in [0.15, 0.2) is 30.3 Å². The third kappa shape index (κ3) is 5.40. The van der Waals surface area contributed by atoms with Gasteiger partial charge in [-0.1, -0.05) is 44.2 Å². The predicted molar refractivity (Wildman–Crippen MR) is 115 cm³/mol. The van der Waals surface area contributed by atoms with Crippen LogP contribution in [0.25, 0.3) is 0 Å². The van der Waals surface area contributed by atoms with E-state index in [9.17, 15) is 18.9 Å². The molecule has 2 aliphatic heterocycles. The number of carbonyl (C=O) groups excluding carboxylic acids is 2. The predicted octanol–water partition coefficient (Wildman–Crippen LogP) is 2.30. The summed E-state index contributed by atoms with van der Waals surface area (Å²) in [7, 11) is -1.14. The lowest BCUT2D eigenvalue weighted by Gasteiger charge is -2.33. The van der Waals surface area contributed by atoms with E-state index in [-0.39, 0.29) is 29.6 Å². The van der Waals surface area contributed by atoms with E-state index < -0.39 is 29.0 Å². The minimum atomic E-state index is -1.14. The number of amides is 2. The Balaban J connectivity index is 1.61.